The van der Waals surface area contributed by atoms with Crippen molar-refractivity contribution in [3.63, 3.8) is 0 Å². The lowest BCUT2D eigenvalue weighted by atomic mass is 10.2. The molecular weight excluding hydrogens is 261 g/mol. The summed E-state index contributed by atoms with van der Waals surface area (Å²) in [6.07, 6.45) is 0. The molecule has 0 atom stereocenters. The van der Waals surface area contributed by atoms with Crippen molar-refractivity contribution in [2.45, 2.75) is 0 Å². The third-order valence-electron chi connectivity index (χ3n) is 1.57. The van der Waals surface area contributed by atoms with E-state index in [2.05, 4.69) is 4.98 Å². The average molecular weight is 264 g/mol. The van der Waals surface area contributed by atoms with Gasteiger partial charge in [0.2, 0.25) is 5.78 Å². The first-order valence-electron chi connectivity index (χ1n) is 3.56. The van der Waals surface area contributed by atoms with Crippen LogP contribution in [0.3, 0.4) is 0 Å². The highest BCUT2D eigenvalue weighted by molar-refractivity contribution is 7.20. The summed E-state index contributed by atoms with van der Waals surface area (Å²) < 4.78 is 0.918. The fraction of sp³-hybridized carbons (Fsp3) is 0. The Kier molecular flexibility index (Phi) is 2.88. The first-order valence-corrected chi connectivity index (χ1v) is 6.07. The van der Waals surface area contributed by atoms with E-state index in [4.69, 9.17) is 23.2 Å². The molecule has 6 heteroatoms. The van der Waals surface area contributed by atoms with Crippen molar-refractivity contribution < 1.29 is 4.79 Å². The van der Waals surface area contributed by atoms with Crippen molar-refractivity contribution in [1.29, 1.82) is 0 Å². The molecule has 0 amide bonds. The third kappa shape index (κ3) is 1.83. The number of thiazole rings is 1. The largest absolute Gasteiger partial charge is 0.287 e. The molecule has 2 aromatic rings. The van der Waals surface area contributed by atoms with Gasteiger partial charge in [-0.2, -0.15) is 0 Å². The number of halogens is 2. The van der Waals surface area contributed by atoms with Crippen LogP contribution in [0.15, 0.2) is 17.0 Å². The number of nitrogens with zero attached hydrogens (tertiary/aromatic N) is 1. The van der Waals surface area contributed by atoms with E-state index >= 15 is 0 Å². The van der Waals surface area contributed by atoms with Gasteiger partial charge in [-0.05, 0) is 6.07 Å². The fourth-order valence-corrected chi connectivity index (χ4v) is 2.95. The number of carbonyl (C=O) groups is 1. The Balaban J connectivity index is 2.41. The Morgan fingerprint density at radius 2 is 2.21 bits per heavy atom. The lowest BCUT2D eigenvalue weighted by Gasteiger charge is -1.92. The molecular formula is C8H3Cl2NOS2. The van der Waals surface area contributed by atoms with Crippen LogP contribution in [0.25, 0.3) is 0 Å². The van der Waals surface area contributed by atoms with Crippen LogP contribution in [-0.4, -0.2) is 10.8 Å². The van der Waals surface area contributed by atoms with E-state index in [0.717, 1.165) is 0 Å². The molecule has 0 N–H and O–H groups in total. The summed E-state index contributed by atoms with van der Waals surface area (Å²) in [6, 6.07) is 1.57. The van der Waals surface area contributed by atoms with Crippen LogP contribution in [0.2, 0.25) is 8.67 Å². The van der Waals surface area contributed by atoms with Crippen molar-refractivity contribution in [3.8, 4) is 0 Å². The maximum absolute atomic E-state index is 11.7. The predicted molar refractivity (Wildman–Crippen MR) is 59.9 cm³/mol. The summed E-state index contributed by atoms with van der Waals surface area (Å²) in [6.45, 7) is 0. The molecule has 0 saturated heterocycles. The van der Waals surface area contributed by atoms with E-state index in [1.807, 2.05) is 0 Å². The highest BCUT2D eigenvalue weighted by atomic mass is 35.5. The average Bonchev–Trinajstić information content (AvgIpc) is 2.73. The number of hydrogen-bond donors (Lipinski definition) is 0. The van der Waals surface area contributed by atoms with Crippen LogP contribution in [0.5, 0.6) is 0 Å². The minimum Gasteiger partial charge on any atom is -0.287 e. The van der Waals surface area contributed by atoms with Gasteiger partial charge in [0.15, 0.2) is 0 Å². The number of carbonyl (C=O) groups excluding carboxylic acids is 1. The van der Waals surface area contributed by atoms with Gasteiger partial charge in [0, 0.05) is 5.38 Å². The van der Waals surface area contributed by atoms with Gasteiger partial charge in [0.05, 0.1) is 15.4 Å². The van der Waals surface area contributed by atoms with Crippen molar-refractivity contribution in [1.82, 2.24) is 4.98 Å². The summed E-state index contributed by atoms with van der Waals surface area (Å²) in [5.74, 6) is -0.181. The maximum Gasteiger partial charge on any atom is 0.214 e. The van der Waals surface area contributed by atoms with Crippen LogP contribution >= 0.6 is 45.9 Å². The zero-order chi connectivity index (χ0) is 10.1. The van der Waals surface area contributed by atoms with Gasteiger partial charge in [0.25, 0.3) is 0 Å². The fourth-order valence-electron chi connectivity index (χ4n) is 0.958. The number of ketones is 1. The molecule has 2 aromatic heterocycles. The standard InChI is InChI=1S/C8H3Cl2NOS2/c9-6-1-4(8(10)14-6)7(12)5-2-13-3-11-5/h1-3H. The molecule has 14 heavy (non-hydrogen) atoms. The SMILES string of the molecule is O=C(c1cscn1)c1cc(Cl)sc1Cl. The second kappa shape index (κ2) is 3.98. The van der Waals surface area contributed by atoms with Crippen LogP contribution in [0.4, 0.5) is 0 Å². The minimum atomic E-state index is -0.181. The van der Waals surface area contributed by atoms with Crippen LogP contribution in [-0.2, 0) is 0 Å². The molecule has 0 unspecified atom stereocenters. The molecule has 0 aromatic carbocycles. The lowest BCUT2D eigenvalue weighted by Crippen LogP contribution is -1.99. The first-order chi connectivity index (χ1) is 6.68. The van der Waals surface area contributed by atoms with Gasteiger partial charge < -0.3 is 0 Å². The van der Waals surface area contributed by atoms with Gasteiger partial charge in [-0.15, -0.1) is 22.7 Å². The van der Waals surface area contributed by atoms with Gasteiger partial charge in [-0.1, -0.05) is 23.2 Å². The molecule has 0 saturated carbocycles. The molecule has 0 aliphatic carbocycles. The molecule has 0 spiro atoms. The van der Waals surface area contributed by atoms with Gasteiger partial charge in [-0.25, -0.2) is 4.98 Å². The first kappa shape index (κ1) is 10.1. The van der Waals surface area contributed by atoms with Gasteiger partial charge >= 0.3 is 0 Å². The quantitative estimate of drug-likeness (QED) is 0.773. The Hall–Kier alpha value is -0.420. The second-order valence-electron chi connectivity index (χ2n) is 2.44. The molecule has 0 fully saturated rings. The van der Waals surface area contributed by atoms with Gasteiger partial charge in [0.1, 0.15) is 10.0 Å². The smallest absolute Gasteiger partial charge is 0.214 e. The maximum atomic E-state index is 11.7. The van der Waals surface area contributed by atoms with Crippen molar-refractivity contribution >= 4 is 51.7 Å². The van der Waals surface area contributed by atoms with E-state index < -0.39 is 0 Å². The van der Waals surface area contributed by atoms with Crippen molar-refractivity contribution in [3.05, 3.63) is 36.9 Å². The number of aromatic nitrogens is 1. The number of rotatable bonds is 2. The van der Waals surface area contributed by atoms with Crippen LogP contribution in [0.1, 0.15) is 16.1 Å². The highest BCUT2D eigenvalue weighted by Crippen LogP contribution is 2.32. The Labute approximate surface area is 98.1 Å². The molecule has 0 aliphatic heterocycles. The summed E-state index contributed by atoms with van der Waals surface area (Å²) in [7, 11) is 0. The minimum absolute atomic E-state index is 0.181. The van der Waals surface area contributed by atoms with E-state index in [1.165, 1.54) is 22.7 Å². The molecule has 72 valence electrons. The molecule has 0 radical (unpaired) electrons. The molecule has 2 heterocycles. The third-order valence-corrected chi connectivity index (χ3v) is 3.64. The lowest BCUT2D eigenvalue weighted by molar-refractivity contribution is 0.103. The van der Waals surface area contributed by atoms with E-state index in [1.54, 1.807) is 17.0 Å². The highest BCUT2D eigenvalue weighted by Gasteiger charge is 2.17. The molecule has 2 nitrogen and oxygen atoms in total. The topological polar surface area (TPSA) is 30.0 Å². The number of thiophene rings is 1. The molecule has 0 bridgehead atoms. The van der Waals surface area contributed by atoms with Crippen LogP contribution in [0, 0.1) is 0 Å². The van der Waals surface area contributed by atoms with E-state index in [-0.39, 0.29) is 5.78 Å². The van der Waals surface area contributed by atoms with Crippen LogP contribution < -0.4 is 0 Å². The van der Waals surface area contributed by atoms with E-state index in [9.17, 15) is 4.79 Å². The normalized spacial score (nSPS) is 10.4. The summed E-state index contributed by atoms with van der Waals surface area (Å²) in [5, 5.41) is 1.68. The Bertz CT molecular complexity index is 464. The second-order valence-corrected chi connectivity index (χ2v) is 5.44. The Morgan fingerprint density at radius 3 is 2.71 bits per heavy atom. The zero-order valence-corrected chi connectivity index (χ0v) is 9.80. The van der Waals surface area contributed by atoms with Crippen molar-refractivity contribution in [2.24, 2.45) is 0 Å². The van der Waals surface area contributed by atoms with Crippen molar-refractivity contribution in [2.75, 3.05) is 0 Å². The monoisotopic (exact) mass is 263 g/mol. The molecule has 2 rings (SSSR count). The summed E-state index contributed by atoms with van der Waals surface area (Å²) >= 11 is 14.1. The Morgan fingerprint density at radius 1 is 1.43 bits per heavy atom. The van der Waals surface area contributed by atoms with Gasteiger partial charge in [-0.3, -0.25) is 4.79 Å². The van der Waals surface area contributed by atoms with E-state index in [0.29, 0.717) is 19.9 Å². The summed E-state index contributed by atoms with van der Waals surface area (Å²) in [4.78, 5) is 15.7. The zero-order valence-electron chi connectivity index (χ0n) is 6.66. The summed E-state index contributed by atoms with van der Waals surface area (Å²) in [5.41, 5.74) is 2.44. The predicted octanol–water partition coefficient (Wildman–Crippen LogP) is 3.74. The molecule has 0 aliphatic rings. The number of hydrogen-bond acceptors (Lipinski definition) is 4.